The number of carbonyl (C=O) groups excluding carboxylic acids is 3. The molecule has 1 fully saturated rings. The molecule has 2 heterocycles. The standard InChI is InChI=1S/C24H18ClFN2O6S/c1-11-21(23(32)34-3)35-24(27-11)28-18(12-5-4-6-14(26)9-12)17(20(30)22(28)31)19(29)13-7-8-16(33-2)15(25)10-13/h4-10,18,29H,1-3H3. The van der Waals surface area contributed by atoms with E-state index in [0.717, 1.165) is 22.3 Å². The van der Waals surface area contributed by atoms with E-state index in [0.29, 0.717) is 11.4 Å². The summed E-state index contributed by atoms with van der Waals surface area (Å²) in [5.41, 5.74) is 0.381. The van der Waals surface area contributed by atoms with Gasteiger partial charge < -0.3 is 14.6 Å². The molecule has 4 rings (SSSR count). The van der Waals surface area contributed by atoms with Crippen LogP contribution in [0.3, 0.4) is 0 Å². The van der Waals surface area contributed by atoms with Crippen molar-refractivity contribution < 1.29 is 33.4 Å². The Balaban J connectivity index is 1.94. The molecule has 1 aliphatic heterocycles. The Bertz CT molecular complexity index is 1400. The van der Waals surface area contributed by atoms with E-state index < -0.39 is 35.3 Å². The van der Waals surface area contributed by atoms with Crippen LogP contribution in [0.15, 0.2) is 48.0 Å². The van der Waals surface area contributed by atoms with E-state index in [1.807, 2.05) is 0 Å². The smallest absolute Gasteiger partial charge is 0.350 e. The number of aryl methyl sites for hydroxylation is 1. The number of esters is 1. The Morgan fingerprint density at radius 1 is 1.20 bits per heavy atom. The number of aliphatic hydroxyl groups is 1. The number of methoxy groups -OCH3 is 2. The molecule has 180 valence electrons. The minimum absolute atomic E-state index is 0.0195. The fraction of sp³-hybridized carbons (Fsp3) is 0.167. The molecule has 0 aliphatic carbocycles. The summed E-state index contributed by atoms with van der Waals surface area (Å²) in [6.07, 6.45) is 0. The summed E-state index contributed by atoms with van der Waals surface area (Å²) < 4.78 is 24.1. The second-order valence-corrected chi connectivity index (χ2v) is 8.86. The summed E-state index contributed by atoms with van der Waals surface area (Å²) in [7, 11) is 2.63. The highest BCUT2D eigenvalue weighted by Crippen LogP contribution is 2.44. The minimum atomic E-state index is -1.22. The van der Waals surface area contributed by atoms with E-state index in [1.54, 1.807) is 6.92 Å². The normalized spacial score (nSPS) is 17.1. The van der Waals surface area contributed by atoms with Gasteiger partial charge in [0.1, 0.15) is 22.2 Å². The first-order valence-corrected chi connectivity index (χ1v) is 11.3. The third-order valence-corrected chi connectivity index (χ3v) is 6.83. The summed E-state index contributed by atoms with van der Waals surface area (Å²) in [5.74, 6) is -3.42. The maximum Gasteiger partial charge on any atom is 0.350 e. The highest BCUT2D eigenvalue weighted by Gasteiger charge is 2.48. The quantitative estimate of drug-likeness (QED) is 0.227. The number of halogens is 2. The number of thiazole rings is 1. The number of Topliss-reactive ketones (excluding diaryl/α,β-unsaturated/α-hetero) is 1. The van der Waals surface area contributed by atoms with Crippen LogP contribution < -0.4 is 9.64 Å². The lowest BCUT2D eigenvalue weighted by Crippen LogP contribution is -2.29. The van der Waals surface area contributed by atoms with Gasteiger partial charge in [-0.15, -0.1) is 0 Å². The molecule has 0 saturated carbocycles. The van der Waals surface area contributed by atoms with E-state index >= 15 is 0 Å². The van der Waals surface area contributed by atoms with Crippen molar-refractivity contribution in [3.63, 3.8) is 0 Å². The van der Waals surface area contributed by atoms with Crippen LogP contribution >= 0.6 is 22.9 Å². The molecule has 1 saturated heterocycles. The molecule has 0 spiro atoms. The molecule has 0 radical (unpaired) electrons. The van der Waals surface area contributed by atoms with E-state index in [-0.39, 0.29) is 31.7 Å². The molecule has 1 amide bonds. The number of hydrogen-bond acceptors (Lipinski definition) is 8. The first kappa shape index (κ1) is 24.4. The van der Waals surface area contributed by atoms with Crippen LogP contribution in [-0.4, -0.2) is 42.0 Å². The number of amides is 1. The number of aliphatic hydroxyl groups excluding tert-OH is 1. The monoisotopic (exact) mass is 516 g/mol. The molecule has 1 unspecified atom stereocenters. The van der Waals surface area contributed by atoms with Gasteiger partial charge in [0.05, 0.1) is 36.6 Å². The first-order valence-electron chi connectivity index (χ1n) is 10.1. The number of ether oxygens (including phenoxy) is 2. The number of carbonyl (C=O) groups is 3. The lowest BCUT2D eigenvalue weighted by molar-refractivity contribution is -0.132. The van der Waals surface area contributed by atoms with E-state index in [1.165, 1.54) is 50.6 Å². The zero-order valence-corrected chi connectivity index (χ0v) is 20.2. The molecule has 2 aromatic carbocycles. The van der Waals surface area contributed by atoms with Gasteiger partial charge in [-0.2, -0.15) is 0 Å². The molecule has 3 aromatic rings. The topological polar surface area (TPSA) is 106 Å². The molecule has 0 bridgehead atoms. The summed E-state index contributed by atoms with van der Waals surface area (Å²) in [6, 6.07) is 8.43. The largest absolute Gasteiger partial charge is 0.507 e. The molecule has 11 heteroatoms. The van der Waals surface area contributed by atoms with Crippen LogP contribution in [0.1, 0.15) is 32.5 Å². The minimum Gasteiger partial charge on any atom is -0.507 e. The molecule has 1 atom stereocenters. The number of anilines is 1. The van der Waals surface area contributed by atoms with Gasteiger partial charge in [0.25, 0.3) is 5.78 Å². The molecule has 8 nitrogen and oxygen atoms in total. The Hall–Kier alpha value is -3.76. The zero-order chi connectivity index (χ0) is 25.4. The van der Waals surface area contributed by atoms with Crippen molar-refractivity contribution >= 4 is 51.5 Å². The Morgan fingerprint density at radius 3 is 2.57 bits per heavy atom. The van der Waals surface area contributed by atoms with Crippen LogP contribution in [-0.2, 0) is 14.3 Å². The Kier molecular flexibility index (Phi) is 6.60. The van der Waals surface area contributed by atoms with Crippen molar-refractivity contribution in [3.8, 4) is 5.75 Å². The Labute approximate surface area is 208 Å². The summed E-state index contributed by atoms with van der Waals surface area (Å²) in [6.45, 7) is 1.55. The average molecular weight is 517 g/mol. The SMILES string of the molecule is COC(=O)c1sc(N2C(=O)C(=O)C(=C(O)c3ccc(OC)c(Cl)c3)C2c2cccc(F)c2)nc1C. The third kappa shape index (κ3) is 4.26. The van der Waals surface area contributed by atoms with Gasteiger partial charge in [-0.05, 0) is 42.8 Å². The number of ketones is 1. The molecular formula is C24H18ClFN2O6S. The van der Waals surface area contributed by atoms with Crippen LogP contribution in [0.5, 0.6) is 5.75 Å². The van der Waals surface area contributed by atoms with Crippen molar-refractivity contribution in [2.24, 2.45) is 0 Å². The van der Waals surface area contributed by atoms with Gasteiger partial charge >= 0.3 is 11.9 Å². The van der Waals surface area contributed by atoms with Crippen molar-refractivity contribution in [1.82, 2.24) is 4.98 Å². The molecule has 1 aromatic heterocycles. The fourth-order valence-corrected chi connectivity index (χ4v) is 5.03. The van der Waals surface area contributed by atoms with Crippen LogP contribution in [0, 0.1) is 12.7 Å². The number of rotatable bonds is 5. The van der Waals surface area contributed by atoms with Crippen LogP contribution in [0.4, 0.5) is 9.52 Å². The van der Waals surface area contributed by atoms with Gasteiger partial charge in [0.15, 0.2) is 5.13 Å². The number of benzene rings is 2. The highest BCUT2D eigenvalue weighted by atomic mass is 35.5. The lowest BCUT2D eigenvalue weighted by atomic mass is 9.95. The van der Waals surface area contributed by atoms with Gasteiger partial charge in [-0.1, -0.05) is 35.1 Å². The predicted octanol–water partition coefficient (Wildman–Crippen LogP) is 4.67. The van der Waals surface area contributed by atoms with Gasteiger partial charge in [-0.25, -0.2) is 14.2 Å². The maximum atomic E-state index is 14.2. The van der Waals surface area contributed by atoms with Crippen LogP contribution in [0.25, 0.3) is 5.76 Å². The lowest BCUT2D eigenvalue weighted by Gasteiger charge is -2.23. The summed E-state index contributed by atoms with van der Waals surface area (Å²) in [5, 5.41) is 11.3. The first-order chi connectivity index (χ1) is 16.7. The second kappa shape index (κ2) is 9.47. The number of nitrogens with zero attached hydrogens (tertiary/aromatic N) is 2. The summed E-state index contributed by atoms with van der Waals surface area (Å²) in [4.78, 5) is 43.9. The molecular weight excluding hydrogens is 499 g/mol. The van der Waals surface area contributed by atoms with Gasteiger partial charge in [0, 0.05) is 5.56 Å². The second-order valence-electron chi connectivity index (χ2n) is 7.48. The van der Waals surface area contributed by atoms with Gasteiger partial charge in [-0.3, -0.25) is 14.5 Å². The number of aromatic nitrogens is 1. The van der Waals surface area contributed by atoms with Gasteiger partial charge in [0.2, 0.25) is 0 Å². The van der Waals surface area contributed by atoms with E-state index in [4.69, 9.17) is 21.1 Å². The molecule has 1 N–H and O–H groups in total. The number of hydrogen-bond donors (Lipinski definition) is 1. The van der Waals surface area contributed by atoms with E-state index in [2.05, 4.69) is 4.98 Å². The molecule has 1 aliphatic rings. The van der Waals surface area contributed by atoms with Crippen LogP contribution in [0.2, 0.25) is 5.02 Å². The average Bonchev–Trinajstić information content (AvgIpc) is 3.34. The Morgan fingerprint density at radius 2 is 1.94 bits per heavy atom. The highest BCUT2D eigenvalue weighted by molar-refractivity contribution is 7.17. The van der Waals surface area contributed by atoms with E-state index in [9.17, 15) is 23.9 Å². The van der Waals surface area contributed by atoms with Crippen molar-refractivity contribution in [1.29, 1.82) is 0 Å². The third-order valence-electron chi connectivity index (χ3n) is 5.40. The maximum absolute atomic E-state index is 14.2. The molecule has 35 heavy (non-hydrogen) atoms. The van der Waals surface area contributed by atoms with Crippen molar-refractivity contribution in [2.75, 3.05) is 19.1 Å². The fourth-order valence-electron chi connectivity index (χ4n) is 3.76. The zero-order valence-electron chi connectivity index (χ0n) is 18.7. The predicted molar refractivity (Wildman–Crippen MR) is 127 cm³/mol. The summed E-state index contributed by atoms with van der Waals surface area (Å²) >= 11 is 7.03. The van der Waals surface area contributed by atoms with Crippen molar-refractivity contribution in [2.45, 2.75) is 13.0 Å². The van der Waals surface area contributed by atoms with Crippen molar-refractivity contribution in [3.05, 3.63) is 80.6 Å².